The molecule has 1 atom stereocenters. The minimum atomic E-state index is 0.319. The van der Waals surface area contributed by atoms with Crippen LogP contribution in [0.2, 0.25) is 0 Å². The fourth-order valence-corrected chi connectivity index (χ4v) is 3.13. The monoisotopic (exact) mass is 395 g/mol. The molecule has 1 nitrogen and oxygen atoms in total. The molecule has 0 fully saturated rings. The van der Waals surface area contributed by atoms with Crippen molar-refractivity contribution in [1.82, 2.24) is 5.32 Å². The third-order valence-electron chi connectivity index (χ3n) is 3.59. The zero-order valence-electron chi connectivity index (χ0n) is 12.0. The molecule has 0 aromatic heterocycles. The number of aryl methyl sites for hydroxylation is 2. The van der Waals surface area contributed by atoms with E-state index in [0.29, 0.717) is 6.04 Å². The normalized spacial score (nSPS) is 12.4. The largest absolute Gasteiger partial charge is 0.313 e. The van der Waals surface area contributed by atoms with Crippen LogP contribution in [0.1, 0.15) is 28.3 Å². The number of benzene rings is 2. The van der Waals surface area contributed by atoms with Gasteiger partial charge in [-0.25, -0.2) is 0 Å². The van der Waals surface area contributed by atoms with Crippen LogP contribution in [0.5, 0.6) is 0 Å². The molecular weight excluding hydrogens is 378 g/mol. The first kappa shape index (κ1) is 15.7. The van der Waals surface area contributed by atoms with Gasteiger partial charge in [-0.3, -0.25) is 0 Å². The highest BCUT2D eigenvalue weighted by Gasteiger charge is 2.14. The Bertz CT molecular complexity index is 585. The van der Waals surface area contributed by atoms with Gasteiger partial charge in [-0.1, -0.05) is 62.2 Å². The molecule has 0 radical (unpaired) electrons. The van der Waals surface area contributed by atoms with Crippen molar-refractivity contribution in [2.45, 2.75) is 26.3 Å². The molecule has 0 spiro atoms. The van der Waals surface area contributed by atoms with Gasteiger partial charge in [0.1, 0.15) is 0 Å². The van der Waals surface area contributed by atoms with Gasteiger partial charge in [0, 0.05) is 15.0 Å². The second-order valence-electron chi connectivity index (χ2n) is 5.11. The standard InChI is InChI=1S/C17H19Br2N/c1-11-8-14(9-12(2)17(11)19)16(20-3)10-13-6-4-5-7-15(13)18/h4-9,16,20H,10H2,1-3H3. The summed E-state index contributed by atoms with van der Waals surface area (Å²) >= 11 is 7.27. The molecular formula is C17H19Br2N. The Hall–Kier alpha value is -0.640. The Morgan fingerprint density at radius 2 is 1.65 bits per heavy atom. The SMILES string of the molecule is CNC(Cc1ccccc1Br)c1cc(C)c(Br)c(C)c1. The van der Waals surface area contributed by atoms with Gasteiger partial charge in [0.25, 0.3) is 0 Å². The minimum Gasteiger partial charge on any atom is -0.313 e. The first-order chi connectivity index (χ1) is 9.52. The van der Waals surface area contributed by atoms with Gasteiger partial charge in [0.05, 0.1) is 0 Å². The van der Waals surface area contributed by atoms with E-state index in [0.717, 1.165) is 6.42 Å². The summed E-state index contributed by atoms with van der Waals surface area (Å²) < 4.78 is 2.38. The summed E-state index contributed by atoms with van der Waals surface area (Å²) in [5.74, 6) is 0. The number of nitrogens with one attached hydrogen (secondary N) is 1. The van der Waals surface area contributed by atoms with Crippen molar-refractivity contribution in [3.8, 4) is 0 Å². The molecule has 20 heavy (non-hydrogen) atoms. The first-order valence-electron chi connectivity index (χ1n) is 6.70. The van der Waals surface area contributed by atoms with Gasteiger partial charge < -0.3 is 5.32 Å². The van der Waals surface area contributed by atoms with E-state index in [2.05, 4.69) is 87.4 Å². The van der Waals surface area contributed by atoms with Crippen LogP contribution >= 0.6 is 31.9 Å². The van der Waals surface area contributed by atoms with Crippen molar-refractivity contribution in [3.63, 3.8) is 0 Å². The number of halogens is 2. The van der Waals surface area contributed by atoms with E-state index in [9.17, 15) is 0 Å². The van der Waals surface area contributed by atoms with Crippen molar-refractivity contribution in [2.75, 3.05) is 7.05 Å². The average Bonchev–Trinajstić information content (AvgIpc) is 2.43. The highest BCUT2D eigenvalue weighted by atomic mass is 79.9. The summed E-state index contributed by atoms with van der Waals surface area (Å²) in [5.41, 5.74) is 5.23. The van der Waals surface area contributed by atoms with E-state index in [1.165, 1.54) is 31.2 Å². The van der Waals surface area contributed by atoms with Crippen LogP contribution in [0.15, 0.2) is 45.3 Å². The third kappa shape index (κ3) is 3.51. The minimum absolute atomic E-state index is 0.319. The molecule has 0 saturated carbocycles. The van der Waals surface area contributed by atoms with E-state index >= 15 is 0 Å². The maximum atomic E-state index is 3.63. The lowest BCUT2D eigenvalue weighted by molar-refractivity contribution is 0.590. The van der Waals surface area contributed by atoms with Gasteiger partial charge >= 0.3 is 0 Å². The number of rotatable bonds is 4. The predicted molar refractivity (Wildman–Crippen MR) is 93.3 cm³/mol. The number of hydrogen-bond acceptors (Lipinski definition) is 1. The van der Waals surface area contributed by atoms with Crippen molar-refractivity contribution >= 4 is 31.9 Å². The molecule has 0 heterocycles. The molecule has 1 N–H and O–H groups in total. The van der Waals surface area contributed by atoms with E-state index in [1.807, 2.05) is 7.05 Å². The van der Waals surface area contributed by atoms with Crippen LogP contribution in [0, 0.1) is 13.8 Å². The zero-order valence-corrected chi connectivity index (χ0v) is 15.2. The summed E-state index contributed by atoms with van der Waals surface area (Å²) in [6, 6.07) is 13.2. The second kappa shape index (κ2) is 6.88. The quantitative estimate of drug-likeness (QED) is 0.736. The smallest absolute Gasteiger partial charge is 0.0359 e. The van der Waals surface area contributed by atoms with Crippen molar-refractivity contribution in [2.24, 2.45) is 0 Å². The Kier molecular flexibility index (Phi) is 5.42. The first-order valence-corrected chi connectivity index (χ1v) is 8.29. The van der Waals surface area contributed by atoms with Gasteiger partial charge in [0.2, 0.25) is 0 Å². The molecule has 0 amide bonds. The summed E-state index contributed by atoms with van der Waals surface area (Å²) in [5, 5.41) is 3.43. The van der Waals surface area contributed by atoms with Gasteiger partial charge in [-0.2, -0.15) is 0 Å². The third-order valence-corrected chi connectivity index (χ3v) is 5.62. The lowest BCUT2D eigenvalue weighted by Crippen LogP contribution is -2.19. The fraction of sp³-hybridized carbons (Fsp3) is 0.294. The molecule has 2 aromatic rings. The highest BCUT2D eigenvalue weighted by molar-refractivity contribution is 9.10. The maximum Gasteiger partial charge on any atom is 0.0359 e. The molecule has 1 unspecified atom stereocenters. The summed E-state index contributed by atoms with van der Waals surface area (Å²) in [6.45, 7) is 4.29. The van der Waals surface area contributed by atoms with Gasteiger partial charge in [0.15, 0.2) is 0 Å². The molecule has 0 saturated heterocycles. The fourth-order valence-electron chi connectivity index (χ4n) is 2.45. The van der Waals surface area contributed by atoms with Gasteiger partial charge in [-0.15, -0.1) is 0 Å². The van der Waals surface area contributed by atoms with Crippen molar-refractivity contribution in [1.29, 1.82) is 0 Å². The summed E-state index contributed by atoms with van der Waals surface area (Å²) in [4.78, 5) is 0. The lowest BCUT2D eigenvalue weighted by atomic mass is 9.96. The molecule has 0 bridgehead atoms. The topological polar surface area (TPSA) is 12.0 Å². The summed E-state index contributed by atoms with van der Waals surface area (Å²) in [7, 11) is 2.02. The van der Waals surface area contributed by atoms with E-state index in [1.54, 1.807) is 0 Å². The van der Waals surface area contributed by atoms with E-state index < -0.39 is 0 Å². The molecule has 0 aliphatic rings. The van der Waals surface area contributed by atoms with E-state index in [-0.39, 0.29) is 0 Å². The van der Waals surface area contributed by atoms with Crippen LogP contribution < -0.4 is 5.32 Å². The Morgan fingerprint density at radius 1 is 1.05 bits per heavy atom. The number of likely N-dealkylation sites (N-methyl/N-ethyl adjacent to an activating group) is 1. The number of hydrogen-bond donors (Lipinski definition) is 1. The van der Waals surface area contributed by atoms with Crippen LogP contribution in [0.3, 0.4) is 0 Å². The van der Waals surface area contributed by atoms with Crippen molar-refractivity contribution < 1.29 is 0 Å². The van der Waals surface area contributed by atoms with Gasteiger partial charge in [-0.05, 0) is 55.6 Å². The Morgan fingerprint density at radius 3 is 2.20 bits per heavy atom. The zero-order chi connectivity index (χ0) is 14.7. The Balaban J connectivity index is 2.31. The maximum absolute atomic E-state index is 3.63. The van der Waals surface area contributed by atoms with Crippen LogP contribution in [-0.2, 0) is 6.42 Å². The second-order valence-corrected chi connectivity index (χ2v) is 6.75. The van der Waals surface area contributed by atoms with Crippen LogP contribution in [-0.4, -0.2) is 7.05 Å². The molecule has 106 valence electrons. The molecule has 3 heteroatoms. The molecule has 0 aliphatic carbocycles. The summed E-state index contributed by atoms with van der Waals surface area (Å²) in [6.07, 6.45) is 0.971. The average molecular weight is 397 g/mol. The molecule has 0 aliphatic heterocycles. The van der Waals surface area contributed by atoms with Crippen LogP contribution in [0.4, 0.5) is 0 Å². The molecule has 2 rings (SSSR count). The van der Waals surface area contributed by atoms with Crippen molar-refractivity contribution in [3.05, 3.63) is 67.6 Å². The predicted octanol–water partition coefficient (Wildman–Crippen LogP) is 5.33. The Labute approximate surface area is 138 Å². The van der Waals surface area contributed by atoms with Crippen LogP contribution in [0.25, 0.3) is 0 Å². The van der Waals surface area contributed by atoms with E-state index in [4.69, 9.17) is 0 Å². The lowest BCUT2D eigenvalue weighted by Gasteiger charge is -2.19. The molecule has 2 aromatic carbocycles. The highest BCUT2D eigenvalue weighted by Crippen LogP contribution is 2.28.